The van der Waals surface area contributed by atoms with Crippen LogP contribution in [0.3, 0.4) is 0 Å². The maximum Gasteiger partial charge on any atom is 0.0178 e. The van der Waals surface area contributed by atoms with Crippen molar-refractivity contribution in [3.63, 3.8) is 0 Å². The number of hydrogen-bond acceptors (Lipinski definition) is 2. The standard InChI is InChI=1S/C16H25BrN2/c1-12-4-5-14(17)10-15(12)16(11-19(2)3)13-6-8-18-9-7-13/h4-5,10,13,16,18H,6-9,11H2,1-3H3. The third-order valence-corrected chi connectivity index (χ3v) is 4.65. The Morgan fingerprint density at radius 1 is 1.32 bits per heavy atom. The zero-order valence-electron chi connectivity index (χ0n) is 12.2. The van der Waals surface area contributed by atoms with E-state index in [9.17, 15) is 0 Å². The van der Waals surface area contributed by atoms with Crippen LogP contribution < -0.4 is 5.32 Å². The molecule has 1 aromatic carbocycles. The molecule has 0 aliphatic carbocycles. The topological polar surface area (TPSA) is 15.3 Å². The first-order valence-corrected chi connectivity index (χ1v) is 7.98. The molecule has 3 heteroatoms. The lowest BCUT2D eigenvalue weighted by molar-refractivity contribution is 0.261. The van der Waals surface area contributed by atoms with Crippen molar-refractivity contribution in [3.05, 3.63) is 33.8 Å². The van der Waals surface area contributed by atoms with E-state index >= 15 is 0 Å². The van der Waals surface area contributed by atoms with Crippen LogP contribution in [0.2, 0.25) is 0 Å². The number of likely N-dealkylation sites (N-methyl/N-ethyl adjacent to an activating group) is 1. The van der Waals surface area contributed by atoms with E-state index in [-0.39, 0.29) is 0 Å². The second-order valence-electron chi connectivity index (χ2n) is 5.96. The van der Waals surface area contributed by atoms with Gasteiger partial charge in [-0.25, -0.2) is 0 Å². The summed E-state index contributed by atoms with van der Waals surface area (Å²) in [5, 5.41) is 3.48. The van der Waals surface area contributed by atoms with Crippen LogP contribution in [-0.2, 0) is 0 Å². The van der Waals surface area contributed by atoms with Gasteiger partial charge in [-0.15, -0.1) is 0 Å². The van der Waals surface area contributed by atoms with Crippen molar-refractivity contribution in [2.45, 2.75) is 25.7 Å². The Labute approximate surface area is 125 Å². The zero-order chi connectivity index (χ0) is 13.8. The van der Waals surface area contributed by atoms with Crippen molar-refractivity contribution in [2.75, 3.05) is 33.7 Å². The molecule has 0 radical (unpaired) electrons. The molecule has 2 rings (SSSR count). The van der Waals surface area contributed by atoms with Crippen LogP contribution in [0.15, 0.2) is 22.7 Å². The van der Waals surface area contributed by atoms with E-state index in [1.54, 1.807) is 0 Å². The van der Waals surface area contributed by atoms with E-state index in [4.69, 9.17) is 0 Å². The Hall–Kier alpha value is -0.380. The van der Waals surface area contributed by atoms with Crippen molar-refractivity contribution < 1.29 is 0 Å². The van der Waals surface area contributed by atoms with E-state index in [1.807, 2.05) is 0 Å². The van der Waals surface area contributed by atoms with Gasteiger partial charge in [0.25, 0.3) is 0 Å². The average molecular weight is 325 g/mol. The van der Waals surface area contributed by atoms with Crippen LogP contribution in [0.25, 0.3) is 0 Å². The van der Waals surface area contributed by atoms with Crippen molar-refractivity contribution >= 4 is 15.9 Å². The molecule has 1 aromatic rings. The Morgan fingerprint density at radius 2 is 2.00 bits per heavy atom. The fourth-order valence-electron chi connectivity index (χ4n) is 3.15. The molecule has 1 aliphatic heterocycles. The summed E-state index contributed by atoms with van der Waals surface area (Å²) in [6.45, 7) is 5.72. The summed E-state index contributed by atoms with van der Waals surface area (Å²) in [6.07, 6.45) is 2.59. The number of hydrogen-bond donors (Lipinski definition) is 1. The van der Waals surface area contributed by atoms with Crippen molar-refractivity contribution in [2.24, 2.45) is 5.92 Å². The number of halogens is 1. The number of aryl methyl sites for hydroxylation is 1. The molecule has 1 saturated heterocycles. The summed E-state index contributed by atoms with van der Waals surface area (Å²) in [7, 11) is 4.36. The first-order valence-electron chi connectivity index (χ1n) is 7.19. The number of nitrogens with zero attached hydrogens (tertiary/aromatic N) is 1. The van der Waals surface area contributed by atoms with Gasteiger partial charge >= 0.3 is 0 Å². The SMILES string of the molecule is Cc1ccc(Br)cc1C(CN(C)C)C1CCNCC1. The molecule has 19 heavy (non-hydrogen) atoms. The van der Waals surface area contributed by atoms with Crippen LogP contribution in [0.1, 0.15) is 29.9 Å². The first kappa shape index (κ1) is 15.0. The second kappa shape index (κ2) is 6.87. The molecule has 0 amide bonds. The number of benzene rings is 1. The smallest absolute Gasteiger partial charge is 0.0178 e. The minimum absolute atomic E-state index is 0.648. The van der Waals surface area contributed by atoms with Gasteiger partial charge in [-0.1, -0.05) is 22.0 Å². The highest BCUT2D eigenvalue weighted by molar-refractivity contribution is 9.10. The molecule has 1 fully saturated rings. The van der Waals surface area contributed by atoms with Crippen molar-refractivity contribution in [1.82, 2.24) is 10.2 Å². The Kier molecular flexibility index (Phi) is 5.43. The highest BCUT2D eigenvalue weighted by Gasteiger charge is 2.26. The Balaban J connectivity index is 2.27. The average Bonchev–Trinajstić information content (AvgIpc) is 2.40. The number of rotatable bonds is 4. The highest BCUT2D eigenvalue weighted by Crippen LogP contribution is 2.34. The van der Waals surface area contributed by atoms with Gasteiger partial charge in [-0.05, 0) is 82.0 Å². The molecule has 1 atom stereocenters. The molecule has 0 spiro atoms. The van der Waals surface area contributed by atoms with Crippen LogP contribution in [0.4, 0.5) is 0 Å². The molecular weight excluding hydrogens is 300 g/mol. The fraction of sp³-hybridized carbons (Fsp3) is 0.625. The minimum Gasteiger partial charge on any atom is -0.317 e. The predicted molar refractivity (Wildman–Crippen MR) is 85.8 cm³/mol. The van der Waals surface area contributed by atoms with Gasteiger partial charge in [0.1, 0.15) is 0 Å². The predicted octanol–water partition coefficient (Wildman–Crippen LogP) is 3.40. The summed E-state index contributed by atoms with van der Waals surface area (Å²) in [5.74, 6) is 1.45. The summed E-state index contributed by atoms with van der Waals surface area (Å²) in [4.78, 5) is 2.33. The van der Waals surface area contributed by atoms with E-state index in [0.717, 1.165) is 12.5 Å². The first-order chi connectivity index (χ1) is 9.08. The van der Waals surface area contributed by atoms with E-state index in [1.165, 1.54) is 41.5 Å². The van der Waals surface area contributed by atoms with E-state index in [2.05, 4.69) is 65.4 Å². The van der Waals surface area contributed by atoms with Gasteiger partial charge < -0.3 is 10.2 Å². The van der Waals surface area contributed by atoms with Crippen LogP contribution >= 0.6 is 15.9 Å². The largest absolute Gasteiger partial charge is 0.317 e. The molecule has 0 bridgehead atoms. The maximum absolute atomic E-state index is 3.63. The number of nitrogens with one attached hydrogen (secondary N) is 1. The number of piperidine rings is 1. The molecule has 106 valence electrons. The normalized spacial score (nSPS) is 18.8. The van der Waals surface area contributed by atoms with E-state index < -0.39 is 0 Å². The zero-order valence-corrected chi connectivity index (χ0v) is 13.8. The molecule has 2 nitrogen and oxygen atoms in total. The molecular formula is C16H25BrN2. The fourth-order valence-corrected chi connectivity index (χ4v) is 3.53. The molecule has 1 aliphatic rings. The third kappa shape index (κ3) is 4.04. The van der Waals surface area contributed by atoms with Gasteiger partial charge in [-0.3, -0.25) is 0 Å². The van der Waals surface area contributed by atoms with Crippen LogP contribution in [-0.4, -0.2) is 38.6 Å². The monoisotopic (exact) mass is 324 g/mol. The molecule has 1 unspecified atom stereocenters. The highest BCUT2D eigenvalue weighted by atomic mass is 79.9. The van der Waals surface area contributed by atoms with Gasteiger partial charge in [0.2, 0.25) is 0 Å². The van der Waals surface area contributed by atoms with E-state index in [0.29, 0.717) is 5.92 Å². The lowest BCUT2D eigenvalue weighted by Crippen LogP contribution is -2.34. The second-order valence-corrected chi connectivity index (χ2v) is 6.87. The lowest BCUT2D eigenvalue weighted by atomic mass is 9.79. The van der Waals surface area contributed by atoms with Gasteiger partial charge in [-0.2, -0.15) is 0 Å². The van der Waals surface area contributed by atoms with Gasteiger partial charge in [0.05, 0.1) is 0 Å². The maximum atomic E-state index is 3.63. The summed E-state index contributed by atoms with van der Waals surface area (Å²) < 4.78 is 1.20. The lowest BCUT2D eigenvalue weighted by Gasteiger charge is -2.34. The van der Waals surface area contributed by atoms with Gasteiger partial charge in [0.15, 0.2) is 0 Å². The van der Waals surface area contributed by atoms with Crippen molar-refractivity contribution in [1.29, 1.82) is 0 Å². The van der Waals surface area contributed by atoms with Crippen LogP contribution in [0, 0.1) is 12.8 Å². The molecule has 1 heterocycles. The minimum atomic E-state index is 0.648. The Morgan fingerprint density at radius 3 is 2.63 bits per heavy atom. The summed E-state index contributed by atoms with van der Waals surface area (Å²) in [6, 6.07) is 6.71. The molecule has 0 saturated carbocycles. The quantitative estimate of drug-likeness (QED) is 0.913. The molecule has 1 N–H and O–H groups in total. The van der Waals surface area contributed by atoms with Crippen LogP contribution in [0.5, 0.6) is 0 Å². The third-order valence-electron chi connectivity index (χ3n) is 4.16. The Bertz CT molecular complexity index is 411. The van der Waals surface area contributed by atoms with Gasteiger partial charge in [0, 0.05) is 11.0 Å². The molecule has 0 aromatic heterocycles. The summed E-state index contributed by atoms with van der Waals surface area (Å²) in [5.41, 5.74) is 2.95. The van der Waals surface area contributed by atoms with Crippen molar-refractivity contribution in [3.8, 4) is 0 Å². The summed E-state index contributed by atoms with van der Waals surface area (Å²) >= 11 is 3.63.